The molecule has 3 heteroatoms. The first-order valence-corrected chi connectivity index (χ1v) is 12.1. The van der Waals surface area contributed by atoms with Gasteiger partial charge in [0.1, 0.15) is 5.75 Å². The SMILES string of the molecule is COc1ccc(Nc2ccc(-c3ccc(N(c4ccc(C)cc4)c4ccc(C)cc4)cc3)cc2)cc1. The van der Waals surface area contributed by atoms with Crippen molar-refractivity contribution >= 4 is 28.4 Å². The smallest absolute Gasteiger partial charge is 0.119 e. The highest BCUT2D eigenvalue weighted by molar-refractivity contribution is 5.78. The van der Waals surface area contributed by atoms with Gasteiger partial charge in [-0.25, -0.2) is 0 Å². The molecule has 36 heavy (non-hydrogen) atoms. The summed E-state index contributed by atoms with van der Waals surface area (Å²) in [6.07, 6.45) is 0. The third-order valence-corrected chi connectivity index (χ3v) is 6.31. The molecule has 0 bridgehead atoms. The summed E-state index contributed by atoms with van der Waals surface area (Å²) in [5.74, 6) is 0.850. The summed E-state index contributed by atoms with van der Waals surface area (Å²) in [5.41, 5.74) is 10.4. The second-order valence-corrected chi connectivity index (χ2v) is 8.98. The molecule has 0 aliphatic carbocycles. The van der Waals surface area contributed by atoms with Crippen LogP contribution in [0.4, 0.5) is 28.4 Å². The highest BCUT2D eigenvalue weighted by Gasteiger charge is 2.12. The number of anilines is 5. The van der Waals surface area contributed by atoms with E-state index in [0.29, 0.717) is 0 Å². The second-order valence-electron chi connectivity index (χ2n) is 8.98. The van der Waals surface area contributed by atoms with Gasteiger partial charge in [-0.05, 0) is 97.8 Å². The molecule has 0 heterocycles. The van der Waals surface area contributed by atoms with E-state index in [1.807, 2.05) is 24.3 Å². The van der Waals surface area contributed by atoms with E-state index >= 15 is 0 Å². The number of benzene rings is 5. The molecular formula is C33H30N2O. The van der Waals surface area contributed by atoms with E-state index < -0.39 is 0 Å². The molecule has 0 aliphatic heterocycles. The molecule has 0 spiro atoms. The maximum atomic E-state index is 5.24. The molecule has 1 N–H and O–H groups in total. The lowest BCUT2D eigenvalue weighted by molar-refractivity contribution is 0.415. The summed E-state index contributed by atoms with van der Waals surface area (Å²) < 4.78 is 5.24. The van der Waals surface area contributed by atoms with Gasteiger partial charge >= 0.3 is 0 Å². The highest BCUT2D eigenvalue weighted by atomic mass is 16.5. The van der Waals surface area contributed by atoms with E-state index in [4.69, 9.17) is 4.74 Å². The zero-order valence-corrected chi connectivity index (χ0v) is 20.9. The minimum absolute atomic E-state index is 0.850. The van der Waals surface area contributed by atoms with Crippen molar-refractivity contribution in [3.63, 3.8) is 0 Å². The lowest BCUT2D eigenvalue weighted by Crippen LogP contribution is -2.09. The Balaban J connectivity index is 1.38. The maximum Gasteiger partial charge on any atom is 0.119 e. The van der Waals surface area contributed by atoms with Crippen LogP contribution in [0.15, 0.2) is 121 Å². The minimum Gasteiger partial charge on any atom is -0.497 e. The average Bonchev–Trinajstić information content (AvgIpc) is 2.92. The summed E-state index contributed by atoms with van der Waals surface area (Å²) in [6.45, 7) is 4.24. The monoisotopic (exact) mass is 470 g/mol. The Labute approximate surface area is 213 Å². The van der Waals surface area contributed by atoms with Crippen molar-refractivity contribution in [2.24, 2.45) is 0 Å². The van der Waals surface area contributed by atoms with Crippen molar-refractivity contribution in [3.05, 3.63) is 132 Å². The van der Waals surface area contributed by atoms with Crippen LogP contribution in [0, 0.1) is 13.8 Å². The van der Waals surface area contributed by atoms with Gasteiger partial charge in [-0.3, -0.25) is 0 Å². The van der Waals surface area contributed by atoms with E-state index in [9.17, 15) is 0 Å². The maximum absolute atomic E-state index is 5.24. The van der Waals surface area contributed by atoms with E-state index in [1.165, 1.54) is 22.3 Å². The Kier molecular flexibility index (Phi) is 6.72. The number of hydrogen-bond acceptors (Lipinski definition) is 3. The first-order valence-electron chi connectivity index (χ1n) is 12.1. The van der Waals surface area contributed by atoms with Gasteiger partial charge < -0.3 is 15.0 Å². The van der Waals surface area contributed by atoms with Gasteiger partial charge in [0.2, 0.25) is 0 Å². The number of methoxy groups -OCH3 is 1. The molecule has 5 rings (SSSR count). The number of hydrogen-bond donors (Lipinski definition) is 1. The molecule has 0 amide bonds. The molecule has 5 aromatic rings. The van der Waals surface area contributed by atoms with Crippen LogP contribution in [-0.4, -0.2) is 7.11 Å². The van der Waals surface area contributed by atoms with Crippen LogP contribution in [0.3, 0.4) is 0 Å². The van der Waals surface area contributed by atoms with Crippen molar-refractivity contribution in [1.82, 2.24) is 0 Å². The number of ether oxygens (including phenoxy) is 1. The molecule has 3 nitrogen and oxygen atoms in total. The molecule has 0 aromatic heterocycles. The predicted octanol–water partition coefficient (Wildman–Crippen LogP) is 9.19. The van der Waals surface area contributed by atoms with Crippen LogP contribution in [0.5, 0.6) is 5.75 Å². The molecule has 0 unspecified atom stereocenters. The summed E-state index contributed by atoms with van der Waals surface area (Å²) in [7, 11) is 1.68. The quantitative estimate of drug-likeness (QED) is 0.257. The topological polar surface area (TPSA) is 24.5 Å². The third-order valence-electron chi connectivity index (χ3n) is 6.31. The Bertz CT molecular complexity index is 1360. The molecule has 0 atom stereocenters. The summed E-state index contributed by atoms with van der Waals surface area (Å²) in [4.78, 5) is 2.30. The summed E-state index contributed by atoms with van der Waals surface area (Å²) >= 11 is 0. The largest absolute Gasteiger partial charge is 0.497 e. The van der Waals surface area contributed by atoms with Crippen LogP contribution in [0.25, 0.3) is 11.1 Å². The second kappa shape index (κ2) is 10.4. The molecule has 0 radical (unpaired) electrons. The molecular weight excluding hydrogens is 440 g/mol. The first-order chi connectivity index (χ1) is 17.6. The standard InChI is InChI=1S/C33H30N2O/c1-24-4-16-30(17-5-24)35(31-18-6-25(2)7-19-31)32-20-10-27(11-21-32)26-8-12-28(13-9-26)34-29-14-22-33(36-3)23-15-29/h4-23,34H,1-3H3. The zero-order valence-electron chi connectivity index (χ0n) is 20.9. The van der Waals surface area contributed by atoms with Gasteiger partial charge in [-0.15, -0.1) is 0 Å². The molecule has 0 saturated carbocycles. The van der Waals surface area contributed by atoms with E-state index in [1.54, 1.807) is 7.11 Å². The first kappa shape index (κ1) is 23.3. The van der Waals surface area contributed by atoms with Gasteiger partial charge in [0.05, 0.1) is 7.11 Å². The van der Waals surface area contributed by atoms with Gasteiger partial charge in [-0.1, -0.05) is 59.7 Å². The van der Waals surface area contributed by atoms with E-state index in [2.05, 4.69) is 121 Å². The molecule has 0 fully saturated rings. The van der Waals surface area contributed by atoms with Crippen LogP contribution < -0.4 is 15.0 Å². The number of nitrogens with zero attached hydrogens (tertiary/aromatic N) is 1. The lowest BCUT2D eigenvalue weighted by Gasteiger charge is -2.26. The summed E-state index contributed by atoms with van der Waals surface area (Å²) in [5, 5.41) is 3.44. The third kappa shape index (κ3) is 5.26. The highest BCUT2D eigenvalue weighted by Crippen LogP contribution is 2.36. The average molecular weight is 471 g/mol. The minimum atomic E-state index is 0.850. The van der Waals surface area contributed by atoms with Gasteiger partial charge in [0.25, 0.3) is 0 Å². The van der Waals surface area contributed by atoms with Gasteiger partial charge in [-0.2, -0.15) is 0 Å². The fourth-order valence-electron chi connectivity index (χ4n) is 4.22. The van der Waals surface area contributed by atoms with E-state index in [-0.39, 0.29) is 0 Å². The van der Waals surface area contributed by atoms with Crippen LogP contribution in [0.2, 0.25) is 0 Å². The fraction of sp³-hybridized carbons (Fsp3) is 0.0909. The number of nitrogens with one attached hydrogen (secondary N) is 1. The van der Waals surface area contributed by atoms with Crippen LogP contribution in [0.1, 0.15) is 11.1 Å². The van der Waals surface area contributed by atoms with Crippen LogP contribution >= 0.6 is 0 Å². The molecule has 178 valence electrons. The van der Waals surface area contributed by atoms with Crippen molar-refractivity contribution in [2.45, 2.75) is 13.8 Å². The zero-order chi connectivity index (χ0) is 24.9. The molecule has 0 saturated heterocycles. The van der Waals surface area contributed by atoms with Crippen molar-refractivity contribution in [2.75, 3.05) is 17.3 Å². The van der Waals surface area contributed by atoms with Gasteiger partial charge in [0, 0.05) is 28.4 Å². The molecule has 0 aliphatic rings. The Morgan fingerprint density at radius 2 is 0.833 bits per heavy atom. The normalized spacial score (nSPS) is 10.6. The van der Waals surface area contributed by atoms with E-state index in [0.717, 1.165) is 34.2 Å². The number of aryl methyl sites for hydroxylation is 2. The molecule has 5 aromatic carbocycles. The van der Waals surface area contributed by atoms with Crippen molar-refractivity contribution in [3.8, 4) is 16.9 Å². The lowest BCUT2D eigenvalue weighted by atomic mass is 10.0. The Morgan fingerprint density at radius 3 is 1.25 bits per heavy atom. The van der Waals surface area contributed by atoms with Gasteiger partial charge in [0.15, 0.2) is 0 Å². The summed E-state index contributed by atoms with van der Waals surface area (Å²) in [6, 6.07) is 42.6. The van der Waals surface area contributed by atoms with Crippen molar-refractivity contribution in [1.29, 1.82) is 0 Å². The van der Waals surface area contributed by atoms with Crippen molar-refractivity contribution < 1.29 is 4.74 Å². The Hall–Kier alpha value is -4.50. The fourth-order valence-corrected chi connectivity index (χ4v) is 4.22. The van der Waals surface area contributed by atoms with Crippen LogP contribution in [-0.2, 0) is 0 Å². The predicted molar refractivity (Wildman–Crippen MR) is 152 cm³/mol. The Morgan fingerprint density at radius 1 is 0.472 bits per heavy atom. The number of rotatable bonds is 7.